The van der Waals surface area contributed by atoms with Crippen LogP contribution >= 0.6 is 0 Å². The highest BCUT2D eigenvalue weighted by Crippen LogP contribution is 2.52. The van der Waals surface area contributed by atoms with Gasteiger partial charge in [-0.1, -0.05) is 88.4 Å². The van der Waals surface area contributed by atoms with E-state index in [4.69, 9.17) is 0 Å². The molecule has 0 bridgehead atoms. The van der Waals surface area contributed by atoms with Gasteiger partial charge in [0.1, 0.15) is 0 Å². The van der Waals surface area contributed by atoms with E-state index in [0.29, 0.717) is 5.92 Å². The molecule has 5 rings (SSSR count). The van der Waals surface area contributed by atoms with E-state index in [0.717, 1.165) is 0 Å². The second-order valence-corrected chi connectivity index (χ2v) is 12.6. The number of aryl methyl sites for hydroxylation is 2. The highest BCUT2D eigenvalue weighted by atomic mass is 15.2. The third-order valence-electron chi connectivity index (χ3n) is 8.15. The molecule has 0 saturated heterocycles. The molecule has 37 heavy (non-hydrogen) atoms. The molecule has 0 spiro atoms. The standard InChI is InChI=1S/C36H41N/c1-23(2)27-17-18-29-30-19-25(4)34(22-32(30)36(8,9)31(29)20-27)37(35(5,6)7)33-21-28(16-15-24(33)3)26-13-11-10-12-14-26/h10-23H,1-9H3. The minimum atomic E-state index is -0.0977. The Morgan fingerprint density at radius 3 is 1.95 bits per heavy atom. The van der Waals surface area contributed by atoms with Crippen molar-refractivity contribution in [2.75, 3.05) is 4.90 Å². The maximum atomic E-state index is 2.56. The van der Waals surface area contributed by atoms with Crippen LogP contribution in [-0.4, -0.2) is 5.54 Å². The average Bonchev–Trinajstić information content (AvgIpc) is 3.06. The topological polar surface area (TPSA) is 3.24 Å². The van der Waals surface area contributed by atoms with Gasteiger partial charge in [0.05, 0.1) is 0 Å². The quantitative estimate of drug-likeness (QED) is 0.277. The van der Waals surface area contributed by atoms with Crippen LogP contribution in [0.5, 0.6) is 0 Å². The molecule has 1 aliphatic carbocycles. The Morgan fingerprint density at radius 1 is 0.649 bits per heavy atom. The van der Waals surface area contributed by atoms with Crippen LogP contribution in [0, 0.1) is 13.8 Å². The fourth-order valence-electron chi connectivity index (χ4n) is 6.01. The maximum absolute atomic E-state index is 2.56. The highest BCUT2D eigenvalue weighted by Gasteiger charge is 2.38. The molecule has 0 saturated carbocycles. The molecule has 0 fully saturated rings. The van der Waals surface area contributed by atoms with E-state index < -0.39 is 0 Å². The Labute approximate surface area is 224 Å². The van der Waals surface area contributed by atoms with E-state index in [9.17, 15) is 0 Å². The van der Waals surface area contributed by atoms with Gasteiger partial charge in [-0.3, -0.25) is 0 Å². The van der Waals surface area contributed by atoms with Gasteiger partial charge in [-0.05, 0) is 109 Å². The molecule has 0 radical (unpaired) electrons. The smallest absolute Gasteiger partial charge is 0.0451 e. The van der Waals surface area contributed by atoms with Gasteiger partial charge in [-0.15, -0.1) is 0 Å². The van der Waals surface area contributed by atoms with Crippen LogP contribution in [0.4, 0.5) is 11.4 Å². The SMILES string of the molecule is Cc1ccc(-c2ccccc2)cc1N(c1cc2c(cc1C)-c1ccc(C(C)C)cc1C2(C)C)C(C)(C)C. The van der Waals surface area contributed by atoms with Gasteiger partial charge in [0, 0.05) is 22.3 Å². The minimum absolute atomic E-state index is 0.0392. The first-order valence-electron chi connectivity index (χ1n) is 13.7. The molecule has 0 N–H and O–H groups in total. The van der Waals surface area contributed by atoms with E-state index in [1.807, 2.05) is 0 Å². The Kier molecular flexibility index (Phi) is 6.10. The van der Waals surface area contributed by atoms with Crippen molar-refractivity contribution in [2.24, 2.45) is 0 Å². The fraction of sp³-hybridized carbons (Fsp3) is 0.333. The van der Waals surface area contributed by atoms with Gasteiger partial charge in [-0.2, -0.15) is 0 Å². The summed E-state index contributed by atoms with van der Waals surface area (Å²) in [4.78, 5) is 2.56. The first-order valence-corrected chi connectivity index (χ1v) is 13.7. The van der Waals surface area contributed by atoms with Gasteiger partial charge in [0.15, 0.2) is 0 Å². The number of fused-ring (bicyclic) bond motifs is 3. The molecule has 0 aromatic heterocycles. The molecule has 0 heterocycles. The van der Waals surface area contributed by atoms with Gasteiger partial charge >= 0.3 is 0 Å². The largest absolute Gasteiger partial charge is 0.336 e. The molecule has 1 heteroatoms. The summed E-state index contributed by atoms with van der Waals surface area (Å²) in [6.07, 6.45) is 0. The average molecular weight is 488 g/mol. The van der Waals surface area contributed by atoms with Crippen molar-refractivity contribution >= 4 is 11.4 Å². The zero-order valence-electron chi connectivity index (χ0n) is 24.0. The van der Waals surface area contributed by atoms with Crippen molar-refractivity contribution in [2.45, 2.75) is 79.2 Å². The molecular weight excluding hydrogens is 446 g/mol. The monoisotopic (exact) mass is 487 g/mol. The number of hydrogen-bond acceptors (Lipinski definition) is 1. The van der Waals surface area contributed by atoms with Crippen molar-refractivity contribution in [3.63, 3.8) is 0 Å². The molecule has 1 nitrogen and oxygen atoms in total. The Hall–Kier alpha value is -3.32. The third-order valence-corrected chi connectivity index (χ3v) is 8.15. The van der Waals surface area contributed by atoms with Crippen LogP contribution in [0.2, 0.25) is 0 Å². The van der Waals surface area contributed by atoms with Crippen molar-refractivity contribution < 1.29 is 0 Å². The van der Waals surface area contributed by atoms with Crippen LogP contribution in [0.25, 0.3) is 22.3 Å². The molecule has 0 atom stereocenters. The molecule has 4 aromatic rings. The van der Waals surface area contributed by atoms with Crippen LogP contribution in [0.3, 0.4) is 0 Å². The van der Waals surface area contributed by atoms with Crippen molar-refractivity contribution in [1.82, 2.24) is 0 Å². The minimum Gasteiger partial charge on any atom is -0.336 e. The zero-order valence-corrected chi connectivity index (χ0v) is 24.0. The molecule has 0 aliphatic heterocycles. The lowest BCUT2D eigenvalue weighted by Gasteiger charge is -2.40. The van der Waals surface area contributed by atoms with E-state index in [2.05, 4.69) is 146 Å². The Morgan fingerprint density at radius 2 is 1.30 bits per heavy atom. The third kappa shape index (κ3) is 4.29. The summed E-state index contributed by atoms with van der Waals surface area (Å²) in [7, 11) is 0. The number of hydrogen-bond donors (Lipinski definition) is 0. The first-order chi connectivity index (χ1) is 17.4. The normalized spacial score (nSPS) is 14.0. The van der Waals surface area contributed by atoms with Gasteiger partial charge in [-0.25, -0.2) is 0 Å². The number of anilines is 2. The number of nitrogens with zero attached hydrogens (tertiary/aromatic N) is 1. The second kappa shape index (κ2) is 8.91. The Bertz CT molecular complexity index is 1470. The fourth-order valence-corrected chi connectivity index (χ4v) is 6.01. The van der Waals surface area contributed by atoms with Crippen molar-refractivity contribution in [1.29, 1.82) is 0 Å². The molecular formula is C36H41N. The van der Waals surface area contributed by atoms with Gasteiger partial charge in [0.25, 0.3) is 0 Å². The van der Waals surface area contributed by atoms with Gasteiger partial charge in [0.2, 0.25) is 0 Å². The molecule has 4 aromatic carbocycles. The lowest BCUT2D eigenvalue weighted by atomic mass is 9.80. The Balaban J connectivity index is 1.70. The summed E-state index contributed by atoms with van der Waals surface area (Å²) < 4.78 is 0. The molecule has 0 amide bonds. The van der Waals surface area contributed by atoms with E-state index >= 15 is 0 Å². The van der Waals surface area contributed by atoms with E-state index in [1.165, 1.54) is 61.4 Å². The van der Waals surface area contributed by atoms with Crippen LogP contribution in [-0.2, 0) is 5.41 Å². The predicted octanol–water partition coefficient (Wildman–Crippen LogP) is 10.3. The lowest BCUT2D eigenvalue weighted by molar-refractivity contribution is 0.557. The lowest BCUT2D eigenvalue weighted by Crippen LogP contribution is -2.38. The van der Waals surface area contributed by atoms with Crippen molar-refractivity contribution in [3.8, 4) is 22.3 Å². The maximum Gasteiger partial charge on any atom is 0.0451 e. The van der Waals surface area contributed by atoms with Gasteiger partial charge < -0.3 is 4.90 Å². The summed E-state index contributed by atoms with van der Waals surface area (Å²) in [5.74, 6) is 0.526. The number of rotatable bonds is 4. The summed E-state index contributed by atoms with van der Waals surface area (Å²) in [6, 6.07) is 29.6. The second-order valence-electron chi connectivity index (χ2n) is 12.6. The van der Waals surface area contributed by atoms with E-state index in [1.54, 1.807) is 0 Å². The zero-order chi connectivity index (χ0) is 26.7. The number of benzene rings is 4. The van der Waals surface area contributed by atoms with Crippen molar-refractivity contribution in [3.05, 3.63) is 107 Å². The molecule has 190 valence electrons. The van der Waals surface area contributed by atoms with Crippen LogP contribution in [0.1, 0.15) is 82.2 Å². The highest BCUT2D eigenvalue weighted by molar-refractivity contribution is 5.86. The van der Waals surface area contributed by atoms with Crippen LogP contribution in [0.15, 0.2) is 78.9 Å². The molecule has 1 aliphatic rings. The molecule has 0 unspecified atom stereocenters. The predicted molar refractivity (Wildman–Crippen MR) is 161 cm³/mol. The van der Waals surface area contributed by atoms with E-state index in [-0.39, 0.29) is 11.0 Å². The summed E-state index contributed by atoms with van der Waals surface area (Å²) in [5, 5.41) is 0. The van der Waals surface area contributed by atoms with Crippen LogP contribution < -0.4 is 4.90 Å². The first kappa shape index (κ1) is 25.3. The summed E-state index contributed by atoms with van der Waals surface area (Å²) in [5.41, 5.74) is 14.6. The summed E-state index contributed by atoms with van der Waals surface area (Å²) in [6.45, 7) is 20.8. The summed E-state index contributed by atoms with van der Waals surface area (Å²) >= 11 is 0.